The van der Waals surface area contributed by atoms with Gasteiger partial charge in [-0.1, -0.05) is 84.9 Å². The van der Waals surface area contributed by atoms with Crippen LogP contribution in [-0.2, 0) is 0 Å². The van der Waals surface area contributed by atoms with Crippen molar-refractivity contribution in [2.75, 3.05) is 4.90 Å². The maximum Gasteiger partial charge on any atom is 0.0562 e. The quantitative estimate of drug-likeness (QED) is 0.210. The van der Waals surface area contributed by atoms with Crippen LogP contribution in [0.25, 0.3) is 55.0 Å². The number of fused-ring (bicyclic) bond motifs is 6. The maximum atomic E-state index is 2.56. The number of anilines is 2. The monoisotopic (exact) mass is 555 g/mol. The van der Waals surface area contributed by atoms with Crippen LogP contribution in [-0.4, -0.2) is 14.7 Å². The Bertz CT molecular complexity index is 2110. The van der Waals surface area contributed by atoms with E-state index in [0.717, 1.165) is 0 Å². The smallest absolute Gasteiger partial charge is 0.0562 e. The van der Waals surface area contributed by atoms with Crippen LogP contribution in [0.5, 0.6) is 0 Å². The molecular weight excluding hydrogens is 522 g/mol. The predicted octanol–water partition coefficient (Wildman–Crippen LogP) is 10.8. The molecule has 0 aliphatic heterocycles. The van der Waals surface area contributed by atoms with Crippen molar-refractivity contribution in [3.05, 3.63) is 146 Å². The van der Waals surface area contributed by atoms with Gasteiger partial charge in [-0.3, -0.25) is 0 Å². The number of aromatic nitrogens is 2. The zero-order chi connectivity index (χ0) is 29.1. The van der Waals surface area contributed by atoms with Gasteiger partial charge in [0.15, 0.2) is 0 Å². The molecule has 208 valence electrons. The summed E-state index contributed by atoms with van der Waals surface area (Å²) in [5, 5.41) is 5.04. The minimum atomic E-state index is -0.214. The van der Waals surface area contributed by atoms with Crippen molar-refractivity contribution < 1.29 is 0 Å². The molecule has 0 spiro atoms. The summed E-state index contributed by atoms with van der Waals surface area (Å²) in [6.45, 7) is 6.95. The van der Waals surface area contributed by atoms with Gasteiger partial charge in [-0.05, 0) is 81.4 Å². The van der Waals surface area contributed by atoms with Crippen molar-refractivity contribution >= 4 is 55.0 Å². The molecule has 8 rings (SSSR count). The zero-order valence-electron chi connectivity index (χ0n) is 24.7. The van der Waals surface area contributed by atoms with Crippen molar-refractivity contribution in [2.45, 2.75) is 26.3 Å². The fourth-order valence-electron chi connectivity index (χ4n) is 6.94. The van der Waals surface area contributed by atoms with Crippen LogP contribution >= 0.6 is 0 Å². The van der Waals surface area contributed by atoms with Gasteiger partial charge in [0.25, 0.3) is 0 Å². The summed E-state index contributed by atoms with van der Waals surface area (Å²) in [6, 6.07) is 52.5. The van der Waals surface area contributed by atoms with E-state index in [4.69, 9.17) is 0 Å². The molecule has 6 aromatic carbocycles. The summed E-state index contributed by atoms with van der Waals surface area (Å²) in [6.07, 6.45) is 0. The average molecular weight is 556 g/mol. The first-order chi connectivity index (χ1) is 21.0. The van der Waals surface area contributed by atoms with Crippen LogP contribution in [0.15, 0.2) is 146 Å². The van der Waals surface area contributed by atoms with Crippen LogP contribution in [0.1, 0.15) is 20.8 Å². The van der Waals surface area contributed by atoms with E-state index in [0.29, 0.717) is 0 Å². The van der Waals surface area contributed by atoms with Gasteiger partial charge in [0.2, 0.25) is 0 Å². The Morgan fingerprint density at radius 3 is 1.19 bits per heavy atom. The fourth-order valence-corrected chi connectivity index (χ4v) is 6.94. The lowest BCUT2D eigenvalue weighted by Gasteiger charge is -2.39. The second-order valence-electron chi connectivity index (χ2n) is 12.2. The SMILES string of the molecule is CC(C)(C)N(c1cccc2c1c1ccccc1n2-c1ccccc1)c1cccc2c1c1ccccc1n2-c1ccccc1. The first kappa shape index (κ1) is 25.4. The Kier molecular flexibility index (Phi) is 5.70. The number of rotatable bonds is 4. The highest BCUT2D eigenvalue weighted by atomic mass is 15.2. The van der Waals surface area contributed by atoms with Crippen molar-refractivity contribution in [3.8, 4) is 11.4 Å². The Hall–Kier alpha value is -5.28. The molecule has 8 aromatic rings. The normalized spacial score (nSPS) is 12.1. The van der Waals surface area contributed by atoms with Gasteiger partial charge in [0.1, 0.15) is 0 Å². The molecule has 0 amide bonds. The number of hydrogen-bond acceptors (Lipinski definition) is 1. The molecule has 3 heteroatoms. The third kappa shape index (κ3) is 3.89. The van der Waals surface area contributed by atoms with Gasteiger partial charge >= 0.3 is 0 Å². The van der Waals surface area contributed by atoms with Gasteiger partial charge in [-0.25, -0.2) is 0 Å². The van der Waals surface area contributed by atoms with Crippen LogP contribution in [0.2, 0.25) is 0 Å². The Morgan fingerprint density at radius 1 is 0.395 bits per heavy atom. The van der Waals surface area contributed by atoms with E-state index < -0.39 is 0 Å². The molecule has 0 atom stereocenters. The van der Waals surface area contributed by atoms with Crippen LogP contribution in [0, 0.1) is 0 Å². The molecule has 0 bridgehead atoms. The van der Waals surface area contributed by atoms with Crippen molar-refractivity contribution in [2.24, 2.45) is 0 Å². The van der Waals surface area contributed by atoms with Crippen molar-refractivity contribution in [1.82, 2.24) is 9.13 Å². The van der Waals surface area contributed by atoms with E-state index in [2.05, 4.69) is 180 Å². The molecular formula is C40H33N3. The molecule has 43 heavy (non-hydrogen) atoms. The van der Waals surface area contributed by atoms with Gasteiger partial charge in [0, 0.05) is 38.5 Å². The summed E-state index contributed by atoms with van der Waals surface area (Å²) in [5.41, 5.74) is 9.38. The van der Waals surface area contributed by atoms with Crippen LogP contribution in [0.4, 0.5) is 11.4 Å². The summed E-state index contributed by atoms with van der Waals surface area (Å²) >= 11 is 0. The highest BCUT2D eigenvalue weighted by Crippen LogP contribution is 2.47. The second kappa shape index (κ2) is 9.64. The number of para-hydroxylation sites is 4. The zero-order valence-corrected chi connectivity index (χ0v) is 24.7. The Morgan fingerprint density at radius 2 is 0.767 bits per heavy atom. The predicted molar refractivity (Wildman–Crippen MR) is 183 cm³/mol. The minimum absolute atomic E-state index is 0.214. The highest BCUT2D eigenvalue weighted by Gasteiger charge is 2.30. The second-order valence-corrected chi connectivity index (χ2v) is 12.2. The number of hydrogen-bond donors (Lipinski definition) is 0. The molecule has 0 saturated carbocycles. The summed E-state index contributed by atoms with van der Waals surface area (Å²) < 4.78 is 4.80. The van der Waals surface area contributed by atoms with Crippen molar-refractivity contribution in [3.63, 3.8) is 0 Å². The van der Waals surface area contributed by atoms with Gasteiger partial charge in [-0.15, -0.1) is 0 Å². The number of nitrogens with zero attached hydrogens (tertiary/aromatic N) is 3. The molecule has 0 saturated heterocycles. The Labute approximate surface area is 251 Å². The summed E-state index contributed by atoms with van der Waals surface area (Å²) in [7, 11) is 0. The van der Waals surface area contributed by atoms with Crippen LogP contribution < -0.4 is 4.90 Å². The maximum absolute atomic E-state index is 2.56. The van der Waals surface area contributed by atoms with E-state index in [-0.39, 0.29) is 5.54 Å². The fraction of sp³-hybridized carbons (Fsp3) is 0.100. The molecule has 2 heterocycles. The molecule has 0 unspecified atom stereocenters. The van der Waals surface area contributed by atoms with Crippen LogP contribution in [0.3, 0.4) is 0 Å². The molecule has 0 N–H and O–H groups in total. The first-order valence-electron chi connectivity index (χ1n) is 15.0. The third-order valence-corrected chi connectivity index (χ3v) is 8.53. The lowest BCUT2D eigenvalue weighted by Crippen LogP contribution is -2.37. The van der Waals surface area contributed by atoms with Gasteiger partial charge in [-0.2, -0.15) is 0 Å². The molecule has 0 fully saturated rings. The average Bonchev–Trinajstić information content (AvgIpc) is 3.55. The number of benzene rings is 6. The molecule has 0 aliphatic rings. The first-order valence-corrected chi connectivity index (χ1v) is 15.0. The molecule has 0 aliphatic carbocycles. The van der Waals surface area contributed by atoms with Crippen molar-refractivity contribution in [1.29, 1.82) is 0 Å². The minimum Gasteiger partial charge on any atom is -0.335 e. The van der Waals surface area contributed by atoms with E-state index in [1.165, 1.54) is 66.4 Å². The summed E-state index contributed by atoms with van der Waals surface area (Å²) in [5.74, 6) is 0. The lowest BCUT2D eigenvalue weighted by atomic mass is 9.98. The van der Waals surface area contributed by atoms with E-state index in [1.807, 2.05) is 0 Å². The van der Waals surface area contributed by atoms with E-state index in [9.17, 15) is 0 Å². The van der Waals surface area contributed by atoms with E-state index in [1.54, 1.807) is 0 Å². The third-order valence-electron chi connectivity index (χ3n) is 8.53. The highest BCUT2D eigenvalue weighted by molar-refractivity contribution is 6.19. The topological polar surface area (TPSA) is 13.1 Å². The van der Waals surface area contributed by atoms with Gasteiger partial charge < -0.3 is 14.0 Å². The van der Waals surface area contributed by atoms with E-state index >= 15 is 0 Å². The Balaban J connectivity index is 1.49. The standard InChI is InChI=1S/C40H33N3/c1-40(2,3)43(36-26-14-24-34-38(36)30-20-10-12-22-32(30)41(34)28-16-6-4-7-17-28)37-27-15-25-35-39(37)31-21-11-13-23-33(31)42(35)29-18-8-5-9-19-29/h4-27H,1-3H3. The molecule has 2 aromatic heterocycles. The summed E-state index contributed by atoms with van der Waals surface area (Å²) in [4.78, 5) is 2.56. The lowest BCUT2D eigenvalue weighted by molar-refractivity contribution is 0.563. The molecule has 3 nitrogen and oxygen atoms in total. The van der Waals surface area contributed by atoms with Gasteiger partial charge in [0.05, 0.1) is 33.4 Å². The largest absolute Gasteiger partial charge is 0.335 e. The molecule has 0 radical (unpaired) electrons.